The van der Waals surface area contributed by atoms with Crippen LogP contribution in [0.1, 0.15) is 36.9 Å². The first-order chi connectivity index (χ1) is 13.0. The van der Waals surface area contributed by atoms with Gasteiger partial charge in [0.1, 0.15) is 11.6 Å². The molecule has 27 heavy (non-hydrogen) atoms. The summed E-state index contributed by atoms with van der Waals surface area (Å²) < 4.78 is 18.2. The number of carbonyl (C=O) groups excluding carboxylic acids is 1. The van der Waals surface area contributed by atoms with Crippen molar-refractivity contribution < 1.29 is 13.9 Å². The van der Waals surface area contributed by atoms with Gasteiger partial charge < -0.3 is 10.1 Å². The Morgan fingerprint density at radius 3 is 2.37 bits per heavy atom. The van der Waals surface area contributed by atoms with Gasteiger partial charge in [0.25, 0.3) is 0 Å². The van der Waals surface area contributed by atoms with Gasteiger partial charge in [-0.25, -0.2) is 4.39 Å². The molecule has 1 fully saturated rings. The largest absolute Gasteiger partial charge is 0.497 e. The number of methoxy groups -OCH3 is 1. The van der Waals surface area contributed by atoms with Crippen LogP contribution in [0.3, 0.4) is 0 Å². The van der Waals surface area contributed by atoms with Crippen LogP contribution in [-0.4, -0.2) is 31.0 Å². The molecule has 1 amide bonds. The molecule has 1 aliphatic heterocycles. The maximum Gasteiger partial charge on any atom is 0.223 e. The van der Waals surface area contributed by atoms with Crippen molar-refractivity contribution in [3.63, 3.8) is 0 Å². The average molecular weight is 370 g/mol. The topological polar surface area (TPSA) is 41.6 Å². The molecule has 144 valence electrons. The number of nitrogens with zero attached hydrogens (tertiary/aromatic N) is 1. The third-order valence-electron chi connectivity index (χ3n) is 5.25. The molecule has 1 aliphatic rings. The molecule has 5 heteroatoms. The number of nitrogens with one attached hydrogen (secondary N) is 1. The second-order valence-electron chi connectivity index (χ2n) is 7.18. The summed E-state index contributed by atoms with van der Waals surface area (Å²) in [5.74, 6) is 0.779. The van der Waals surface area contributed by atoms with E-state index in [1.54, 1.807) is 7.11 Å². The second-order valence-corrected chi connectivity index (χ2v) is 7.18. The number of hydrogen-bond donors (Lipinski definition) is 1. The first kappa shape index (κ1) is 19.4. The van der Waals surface area contributed by atoms with E-state index in [0.29, 0.717) is 0 Å². The van der Waals surface area contributed by atoms with Gasteiger partial charge in [-0.1, -0.05) is 24.3 Å². The average Bonchev–Trinajstić information content (AvgIpc) is 2.70. The van der Waals surface area contributed by atoms with Crippen molar-refractivity contribution in [2.24, 2.45) is 5.92 Å². The van der Waals surface area contributed by atoms with Crippen LogP contribution < -0.4 is 10.1 Å². The molecule has 0 aromatic heterocycles. The number of ether oxygens (including phenoxy) is 1. The molecule has 1 heterocycles. The van der Waals surface area contributed by atoms with Gasteiger partial charge in [0.15, 0.2) is 0 Å². The number of halogens is 1. The van der Waals surface area contributed by atoms with E-state index in [-0.39, 0.29) is 23.7 Å². The second kappa shape index (κ2) is 9.00. The zero-order valence-electron chi connectivity index (χ0n) is 16.0. The lowest BCUT2D eigenvalue weighted by Gasteiger charge is -2.32. The van der Waals surface area contributed by atoms with Crippen LogP contribution in [0, 0.1) is 11.7 Å². The van der Waals surface area contributed by atoms with E-state index in [9.17, 15) is 9.18 Å². The summed E-state index contributed by atoms with van der Waals surface area (Å²) in [6.45, 7) is 4.57. The first-order valence-corrected chi connectivity index (χ1v) is 9.46. The standard InChI is InChI=1S/C22H27FN2O2/c1-16(18-5-9-21(27-2)10-6-18)24-22(26)19-11-13-25(14-12-19)15-17-3-7-20(23)8-4-17/h3-10,16,19H,11-15H2,1-2H3,(H,24,26). The fourth-order valence-corrected chi connectivity index (χ4v) is 3.51. The molecular weight excluding hydrogens is 343 g/mol. The third-order valence-corrected chi connectivity index (χ3v) is 5.25. The lowest BCUT2D eigenvalue weighted by Crippen LogP contribution is -2.40. The Kier molecular flexibility index (Phi) is 6.45. The maximum absolute atomic E-state index is 13.0. The zero-order chi connectivity index (χ0) is 19.2. The Hall–Kier alpha value is -2.40. The minimum atomic E-state index is -0.208. The fraction of sp³-hybridized carbons (Fsp3) is 0.409. The number of benzene rings is 2. The summed E-state index contributed by atoms with van der Waals surface area (Å²) in [6, 6.07) is 14.4. The smallest absolute Gasteiger partial charge is 0.223 e. The molecule has 1 N–H and O–H groups in total. The Bertz CT molecular complexity index is 738. The van der Waals surface area contributed by atoms with Gasteiger partial charge in [0, 0.05) is 12.5 Å². The van der Waals surface area contributed by atoms with E-state index >= 15 is 0 Å². The molecule has 1 saturated heterocycles. The maximum atomic E-state index is 13.0. The van der Waals surface area contributed by atoms with Crippen LogP contribution in [-0.2, 0) is 11.3 Å². The highest BCUT2D eigenvalue weighted by Crippen LogP contribution is 2.22. The number of piperidine rings is 1. The third kappa shape index (κ3) is 5.30. The van der Waals surface area contributed by atoms with Gasteiger partial charge in [0.2, 0.25) is 5.91 Å². The summed E-state index contributed by atoms with van der Waals surface area (Å²) in [6.07, 6.45) is 1.70. The molecule has 2 aromatic rings. The lowest BCUT2D eigenvalue weighted by atomic mass is 9.95. The molecule has 0 spiro atoms. The van der Waals surface area contributed by atoms with Crippen LogP contribution in [0.25, 0.3) is 0 Å². The van der Waals surface area contributed by atoms with E-state index in [0.717, 1.165) is 49.4 Å². The normalized spacial score (nSPS) is 16.7. The lowest BCUT2D eigenvalue weighted by molar-refractivity contribution is -0.127. The molecule has 0 radical (unpaired) electrons. The van der Waals surface area contributed by atoms with E-state index in [2.05, 4.69) is 10.2 Å². The number of amides is 1. The summed E-state index contributed by atoms with van der Waals surface area (Å²) in [4.78, 5) is 14.9. The Labute approximate surface area is 160 Å². The number of likely N-dealkylation sites (tertiary alicyclic amines) is 1. The van der Waals surface area contributed by atoms with Crippen LogP contribution in [0.2, 0.25) is 0 Å². The van der Waals surface area contributed by atoms with Crippen molar-refractivity contribution in [1.29, 1.82) is 0 Å². The summed E-state index contributed by atoms with van der Waals surface area (Å²) in [5, 5.41) is 3.13. The van der Waals surface area contributed by atoms with Crippen molar-refractivity contribution >= 4 is 5.91 Å². The highest BCUT2D eigenvalue weighted by Gasteiger charge is 2.26. The zero-order valence-corrected chi connectivity index (χ0v) is 16.0. The summed E-state index contributed by atoms with van der Waals surface area (Å²) in [5.41, 5.74) is 2.17. The van der Waals surface area contributed by atoms with Crippen molar-refractivity contribution in [3.8, 4) is 5.75 Å². The first-order valence-electron chi connectivity index (χ1n) is 9.46. The minimum Gasteiger partial charge on any atom is -0.497 e. The molecule has 3 rings (SSSR count). The predicted octanol–water partition coefficient (Wildman–Crippen LogP) is 3.92. The minimum absolute atomic E-state index is 0.0272. The van der Waals surface area contributed by atoms with Crippen molar-refractivity contribution in [3.05, 3.63) is 65.5 Å². The summed E-state index contributed by atoms with van der Waals surface area (Å²) in [7, 11) is 1.64. The van der Waals surface area contributed by atoms with Gasteiger partial charge in [0.05, 0.1) is 13.2 Å². The predicted molar refractivity (Wildman–Crippen MR) is 104 cm³/mol. The van der Waals surface area contributed by atoms with E-state index in [1.807, 2.05) is 43.3 Å². The van der Waals surface area contributed by atoms with Gasteiger partial charge in [-0.15, -0.1) is 0 Å². The van der Waals surface area contributed by atoms with Gasteiger partial charge in [-0.3, -0.25) is 9.69 Å². The Balaban J connectivity index is 1.46. The van der Waals surface area contributed by atoms with Crippen molar-refractivity contribution in [1.82, 2.24) is 10.2 Å². The van der Waals surface area contributed by atoms with Crippen molar-refractivity contribution in [2.45, 2.75) is 32.4 Å². The van der Waals surface area contributed by atoms with Crippen molar-refractivity contribution in [2.75, 3.05) is 20.2 Å². The van der Waals surface area contributed by atoms with Gasteiger partial charge in [-0.2, -0.15) is 0 Å². The number of rotatable bonds is 6. The SMILES string of the molecule is COc1ccc(C(C)NC(=O)C2CCN(Cc3ccc(F)cc3)CC2)cc1. The molecule has 0 saturated carbocycles. The van der Waals surface area contributed by atoms with Crippen LogP contribution in [0.4, 0.5) is 4.39 Å². The Morgan fingerprint density at radius 2 is 1.78 bits per heavy atom. The fourth-order valence-electron chi connectivity index (χ4n) is 3.51. The van der Waals surface area contributed by atoms with E-state index < -0.39 is 0 Å². The Morgan fingerprint density at radius 1 is 1.15 bits per heavy atom. The summed E-state index contributed by atoms with van der Waals surface area (Å²) >= 11 is 0. The monoisotopic (exact) mass is 370 g/mol. The molecule has 0 bridgehead atoms. The van der Waals surface area contributed by atoms with Crippen LogP contribution in [0.5, 0.6) is 5.75 Å². The highest BCUT2D eigenvalue weighted by molar-refractivity contribution is 5.79. The number of carbonyl (C=O) groups is 1. The quantitative estimate of drug-likeness (QED) is 0.838. The molecule has 4 nitrogen and oxygen atoms in total. The molecule has 1 atom stereocenters. The molecule has 0 aliphatic carbocycles. The molecular formula is C22H27FN2O2. The van der Waals surface area contributed by atoms with Crippen LogP contribution in [0.15, 0.2) is 48.5 Å². The van der Waals surface area contributed by atoms with Gasteiger partial charge >= 0.3 is 0 Å². The molecule has 1 unspecified atom stereocenters. The molecule has 2 aromatic carbocycles. The van der Waals surface area contributed by atoms with E-state index in [1.165, 1.54) is 12.1 Å². The highest BCUT2D eigenvalue weighted by atomic mass is 19.1. The van der Waals surface area contributed by atoms with Gasteiger partial charge in [-0.05, 0) is 68.2 Å². The van der Waals surface area contributed by atoms with E-state index in [4.69, 9.17) is 4.74 Å². The number of hydrogen-bond acceptors (Lipinski definition) is 3. The van der Waals surface area contributed by atoms with Crippen LogP contribution >= 0.6 is 0 Å².